The Morgan fingerprint density at radius 3 is 2.62 bits per heavy atom. The zero-order valence-corrected chi connectivity index (χ0v) is 12.5. The van der Waals surface area contributed by atoms with Gasteiger partial charge in [0.25, 0.3) is 0 Å². The molecular formula is C14H16FN3O2S. The van der Waals surface area contributed by atoms with Crippen molar-refractivity contribution in [3.8, 4) is 0 Å². The van der Waals surface area contributed by atoms with E-state index >= 15 is 0 Å². The highest BCUT2D eigenvalue weighted by Gasteiger charge is 2.17. The lowest BCUT2D eigenvalue weighted by Crippen LogP contribution is -2.20. The molecule has 0 radical (unpaired) electrons. The third kappa shape index (κ3) is 3.56. The van der Waals surface area contributed by atoms with Crippen LogP contribution < -0.4 is 10.0 Å². The van der Waals surface area contributed by atoms with Crippen LogP contribution in [0.4, 0.5) is 10.1 Å². The number of benzene rings is 1. The van der Waals surface area contributed by atoms with E-state index in [1.54, 1.807) is 25.1 Å². The molecule has 2 rings (SSSR count). The maximum atomic E-state index is 13.2. The first-order valence-electron chi connectivity index (χ1n) is 6.33. The van der Waals surface area contributed by atoms with Crippen molar-refractivity contribution < 1.29 is 12.8 Å². The van der Waals surface area contributed by atoms with Crippen molar-refractivity contribution in [3.05, 3.63) is 54.1 Å². The van der Waals surface area contributed by atoms with Gasteiger partial charge in [0.15, 0.2) is 0 Å². The third-order valence-electron chi connectivity index (χ3n) is 3.04. The summed E-state index contributed by atoms with van der Waals surface area (Å²) in [5.41, 5.74) is 1.08. The van der Waals surface area contributed by atoms with Crippen molar-refractivity contribution in [2.24, 2.45) is 0 Å². The second-order valence-corrected chi connectivity index (χ2v) is 6.36. The maximum absolute atomic E-state index is 13.2. The molecule has 0 fully saturated rings. The van der Waals surface area contributed by atoms with Crippen LogP contribution in [0, 0.1) is 5.82 Å². The van der Waals surface area contributed by atoms with E-state index in [9.17, 15) is 12.8 Å². The number of nitrogens with one attached hydrogen (secondary N) is 2. The van der Waals surface area contributed by atoms with Gasteiger partial charge in [-0.3, -0.25) is 4.98 Å². The number of halogens is 1. The van der Waals surface area contributed by atoms with Crippen molar-refractivity contribution in [3.63, 3.8) is 0 Å². The highest BCUT2D eigenvalue weighted by molar-refractivity contribution is 7.89. The van der Waals surface area contributed by atoms with Crippen molar-refractivity contribution >= 4 is 15.7 Å². The van der Waals surface area contributed by atoms with Gasteiger partial charge in [0.2, 0.25) is 10.0 Å². The molecule has 7 heteroatoms. The molecule has 1 atom stereocenters. The van der Waals surface area contributed by atoms with Crippen LogP contribution in [0.15, 0.2) is 47.6 Å². The van der Waals surface area contributed by atoms with Crippen LogP contribution in [0.3, 0.4) is 0 Å². The monoisotopic (exact) mass is 309 g/mol. The van der Waals surface area contributed by atoms with E-state index in [2.05, 4.69) is 15.0 Å². The number of hydrogen-bond acceptors (Lipinski definition) is 4. The Hall–Kier alpha value is -1.99. The number of anilines is 1. The molecule has 2 N–H and O–H groups in total. The molecule has 0 spiro atoms. The van der Waals surface area contributed by atoms with Crippen molar-refractivity contribution in [2.45, 2.75) is 17.9 Å². The Kier molecular flexibility index (Phi) is 4.54. The summed E-state index contributed by atoms with van der Waals surface area (Å²) < 4.78 is 39.4. The van der Waals surface area contributed by atoms with Crippen molar-refractivity contribution in [1.82, 2.24) is 9.71 Å². The smallest absolute Gasteiger partial charge is 0.242 e. The maximum Gasteiger partial charge on any atom is 0.242 e. The Balaban J connectivity index is 2.32. The molecule has 0 amide bonds. The van der Waals surface area contributed by atoms with Gasteiger partial charge < -0.3 is 5.32 Å². The fourth-order valence-electron chi connectivity index (χ4n) is 1.91. The number of rotatable bonds is 5. The molecule has 2 aromatic rings. The number of sulfonamides is 1. The number of hydrogen-bond donors (Lipinski definition) is 2. The van der Waals surface area contributed by atoms with Crippen LogP contribution in [0.5, 0.6) is 0 Å². The number of aromatic nitrogens is 1. The molecule has 5 nitrogen and oxygen atoms in total. The summed E-state index contributed by atoms with van der Waals surface area (Å²) in [6, 6.07) is 7.61. The van der Waals surface area contributed by atoms with Gasteiger partial charge in [0, 0.05) is 6.20 Å². The topological polar surface area (TPSA) is 71.1 Å². The summed E-state index contributed by atoms with van der Waals surface area (Å²) in [6.07, 6.45) is 2.66. The van der Waals surface area contributed by atoms with Gasteiger partial charge in [-0.1, -0.05) is 12.1 Å². The SMILES string of the molecule is CNS(=O)(=O)c1ccccc1NC(C)c1cncc(F)c1. The molecule has 0 aliphatic rings. The molecule has 0 aliphatic heterocycles. The van der Waals surface area contributed by atoms with E-state index in [1.807, 2.05) is 0 Å². The second-order valence-electron chi connectivity index (χ2n) is 4.51. The van der Waals surface area contributed by atoms with Gasteiger partial charge in [0.05, 0.1) is 17.9 Å². The zero-order valence-electron chi connectivity index (χ0n) is 11.7. The standard InChI is InChI=1S/C14H16FN3O2S/c1-10(11-7-12(15)9-17-8-11)18-13-5-3-4-6-14(13)21(19,20)16-2/h3-10,16,18H,1-2H3. The lowest BCUT2D eigenvalue weighted by molar-refractivity contribution is 0.588. The van der Waals surface area contributed by atoms with Crippen LogP contribution in [0.1, 0.15) is 18.5 Å². The first-order valence-corrected chi connectivity index (χ1v) is 7.82. The predicted molar refractivity (Wildman–Crippen MR) is 78.9 cm³/mol. The van der Waals surface area contributed by atoms with Crippen LogP contribution in [0.2, 0.25) is 0 Å². The fourth-order valence-corrected chi connectivity index (χ4v) is 2.81. The van der Waals surface area contributed by atoms with E-state index in [-0.39, 0.29) is 10.9 Å². The van der Waals surface area contributed by atoms with Crippen molar-refractivity contribution in [1.29, 1.82) is 0 Å². The summed E-state index contributed by atoms with van der Waals surface area (Å²) in [5.74, 6) is -0.433. The van der Waals surface area contributed by atoms with Crippen molar-refractivity contribution in [2.75, 3.05) is 12.4 Å². The van der Waals surface area contributed by atoms with E-state index < -0.39 is 15.8 Å². The quantitative estimate of drug-likeness (QED) is 0.889. The molecule has 0 aliphatic carbocycles. The summed E-state index contributed by atoms with van der Waals surface area (Å²) in [6.45, 7) is 1.80. The minimum absolute atomic E-state index is 0.142. The number of para-hydroxylation sites is 1. The first-order chi connectivity index (χ1) is 9.94. The average Bonchev–Trinajstić information content (AvgIpc) is 2.47. The van der Waals surface area contributed by atoms with Crippen LogP contribution in [0.25, 0.3) is 0 Å². The molecule has 1 heterocycles. The molecule has 0 saturated heterocycles. The second kappa shape index (κ2) is 6.19. The normalized spacial score (nSPS) is 12.9. The third-order valence-corrected chi connectivity index (χ3v) is 4.52. The van der Waals surface area contributed by atoms with E-state index in [0.29, 0.717) is 11.3 Å². The Bertz CT molecular complexity index is 735. The molecule has 112 valence electrons. The molecular weight excluding hydrogens is 293 g/mol. The van der Waals surface area contributed by atoms with E-state index in [1.165, 1.54) is 25.4 Å². The van der Waals surface area contributed by atoms with E-state index in [4.69, 9.17) is 0 Å². The van der Waals surface area contributed by atoms with Gasteiger partial charge in [-0.15, -0.1) is 0 Å². The first kappa shape index (κ1) is 15.4. The zero-order chi connectivity index (χ0) is 15.5. The minimum Gasteiger partial charge on any atom is -0.377 e. The van der Waals surface area contributed by atoms with E-state index in [0.717, 1.165) is 6.20 Å². The van der Waals surface area contributed by atoms with Gasteiger partial charge in [-0.25, -0.2) is 17.5 Å². The lowest BCUT2D eigenvalue weighted by atomic mass is 10.1. The molecule has 1 aromatic heterocycles. The summed E-state index contributed by atoms with van der Waals surface area (Å²) in [4.78, 5) is 3.93. The van der Waals surface area contributed by atoms with Crippen LogP contribution in [-0.4, -0.2) is 20.4 Å². The lowest BCUT2D eigenvalue weighted by Gasteiger charge is -2.18. The van der Waals surface area contributed by atoms with Crippen LogP contribution in [-0.2, 0) is 10.0 Å². The molecule has 1 aromatic carbocycles. The summed E-state index contributed by atoms with van der Waals surface area (Å²) >= 11 is 0. The number of pyridine rings is 1. The van der Waals surface area contributed by atoms with Gasteiger partial charge in [-0.05, 0) is 37.7 Å². The molecule has 21 heavy (non-hydrogen) atoms. The van der Waals surface area contributed by atoms with Gasteiger partial charge >= 0.3 is 0 Å². The largest absolute Gasteiger partial charge is 0.377 e. The Labute approximate surface area is 123 Å². The summed E-state index contributed by atoms with van der Waals surface area (Å²) in [5, 5.41) is 3.07. The Morgan fingerprint density at radius 1 is 1.24 bits per heavy atom. The summed E-state index contributed by atoms with van der Waals surface area (Å²) in [7, 11) is -2.21. The highest BCUT2D eigenvalue weighted by Crippen LogP contribution is 2.25. The highest BCUT2D eigenvalue weighted by atomic mass is 32.2. The fraction of sp³-hybridized carbons (Fsp3) is 0.214. The van der Waals surface area contributed by atoms with Crippen LogP contribution >= 0.6 is 0 Å². The van der Waals surface area contributed by atoms with Gasteiger partial charge in [-0.2, -0.15) is 0 Å². The average molecular weight is 309 g/mol. The predicted octanol–water partition coefficient (Wildman–Crippen LogP) is 2.30. The molecule has 0 saturated carbocycles. The molecule has 0 bridgehead atoms. The Morgan fingerprint density at radius 2 is 1.95 bits per heavy atom. The molecule has 1 unspecified atom stereocenters. The van der Waals surface area contributed by atoms with Gasteiger partial charge in [0.1, 0.15) is 10.7 Å². The number of nitrogens with zero attached hydrogens (tertiary/aromatic N) is 1. The minimum atomic E-state index is -3.57.